The van der Waals surface area contributed by atoms with E-state index in [2.05, 4.69) is 24.6 Å². The van der Waals surface area contributed by atoms with Gasteiger partial charge >= 0.3 is 0 Å². The van der Waals surface area contributed by atoms with Crippen molar-refractivity contribution in [3.8, 4) is 11.4 Å². The van der Waals surface area contributed by atoms with Crippen LogP contribution in [0.3, 0.4) is 0 Å². The Morgan fingerprint density at radius 3 is 2.61 bits per heavy atom. The Balaban J connectivity index is 1.59. The van der Waals surface area contributed by atoms with Gasteiger partial charge in [-0.15, -0.1) is 10.2 Å². The topological polar surface area (TPSA) is 46.8 Å². The summed E-state index contributed by atoms with van der Waals surface area (Å²) in [4.78, 5) is 6.36. The summed E-state index contributed by atoms with van der Waals surface area (Å²) in [7, 11) is 0. The number of rotatable bonds is 3. The van der Waals surface area contributed by atoms with E-state index in [0.29, 0.717) is 6.67 Å². The molecule has 1 aliphatic heterocycles. The summed E-state index contributed by atoms with van der Waals surface area (Å²) in [6.07, 6.45) is 3.61. The lowest BCUT2D eigenvalue weighted by Crippen LogP contribution is -2.30. The summed E-state index contributed by atoms with van der Waals surface area (Å²) in [5.74, 6) is 1.39. The first-order valence-electron chi connectivity index (χ1n) is 7.23. The maximum atomic E-state index is 13.1. The second kappa shape index (κ2) is 6.10. The highest BCUT2D eigenvalue weighted by Crippen LogP contribution is 2.29. The lowest BCUT2D eigenvalue weighted by Gasteiger charge is -2.27. The zero-order chi connectivity index (χ0) is 15.6. The standard InChI is InChI=1S/C16H14FN5S/c17-14-3-1-13(2-4-14)15-19-20-16-22(15)10-21(11-23-16)9-12-5-7-18-8-6-12/h1-8H,9-11H2. The Morgan fingerprint density at radius 1 is 1.04 bits per heavy atom. The second-order valence-corrected chi connectivity index (χ2v) is 6.25. The lowest BCUT2D eigenvalue weighted by molar-refractivity contribution is 0.231. The predicted molar refractivity (Wildman–Crippen MR) is 85.9 cm³/mol. The molecule has 0 saturated heterocycles. The minimum Gasteiger partial charge on any atom is -0.288 e. The third-order valence-corrected chi connectivity index (χ3v) is 4.75. The third kappa shape index (κ3) is 2.97. The van der Waals surface area contributed by atoms with Crippen LogP contribution in [0.1, 0.15) is 5.56 Å². The maximum Gasteiger partial charge on any atom is 0.193 e. The van der Waals surface area contributed by atoms with Gasteiger partial charge in [-0.25, -0.2) is 4.39 Å². The maximum absolute atomic E-state index is 13.1. The van der Waals surface area contributed by atoms with Crippen molar-refractivity contribution in [3.05, 3.63) is 60.2 Å². The molecule has 5 nitrogen and oxygen atoms in total. The summed E-state index contributed by atoms with van der Waals surface area (Å²) < 4.78 is 15.2. The molecule has 0 unspecified atom stereocenters. The molecule has 3 heterocycles. The summed E-state index contributed by atoms with van der Waals surface area (Å²) in [6, 6.07) is 10.4. The van der Waals surface area contributed by atoms with Crippen LogP contribution in [0.2, 0.25) is 0 Å². The van der Waals surface area contributed by atoms with E-state index in [4.69, 9.17) is 0 Å². The Morgan fingerprint density at radius 2 is 1.83 bits per heavy atom. The fourth-order valence-corrected chi connectivity index (χ4v) is 3.44. The highest BCUT2D eigenvalue weighted by molar-refractivity contribution is 7.99. The van der Waals surface area contributed by atoms with Gasteiger partial charge in [-0.05, 0) is 42.0 Å². The van der Waals surface area contributed by atoms with Gasteiger partial charge in [0.05, 0.1) is 12.5 Å². The molecule has 3 aromatic rings. The average molecular weight is 327 g/mol. The number of benzene rings is 1. The van der Waals surface area contributed by atoms with Gasteiger partial charge in [0, 0.05) is 24.5 Å². The van der Waals surface area contributed by atoms with Crippen molar-refractivity contribution in [2.75, 3.05) is 5.88 Å². The number of aromatic nitrogens is 4. The molecule has 0 radical (unpaired) electrons. The molecule has 1 aliphatic rings. The SMILES string of the molecule is Fc1ccc(-c2nnc3n2CN(Cc2ccncc2)CS3)cc1. The monoisotopic (exact) mass is 327 g/mol. The Labute approximate surface area is 137 Å². The van der Waals surface area contributed by atoms with Crippen molar-refractivity contribution >= 4 is 11.8 Å². The van der Waals surface area contributed by atoms with E-state index in [1.807, 2.05) is 12.1 Å². The molecule has 1 aromatic carbocycles. The number of pyridine rings is 1. The van der Waals surface area contributed by atoms with Crippen molar-refractivity contribution in [2.24, 2.45) is 0 Å². The van der Waals surface area contributed by atoms with Crippen LogP contribution in [0.25, 0.3) is 11.4 Å². The zero-order valence-electron chi connectivity index (χ0n) is 12.3. The van der Waals surface area contributed by atoms with Crippen LogP contribution >= 0.6 is 11.8 Å². The van der Waals surface area contributed by atoms with E-state index in [9.17, 15) is 4.39 Å². The molecule has 0 aliphatic carbocycles. The van der Waals surface area contributed by atoms with Gasteiger partial charge in [-0.2, -0.15) is 0 Å². The van der Waals surface area contributed by atoms with Gasteiger partial charge in [0.25, 0.3) is 0 Å². The minimum atomic E-state index is -0.249. The molecule has 116 valence electrons. The smallest absolute Gasteiger partial charge is 0.193 e. The molecule has 0 fully saturated rings. The number of halogens is 1. The quantitative estimate of drug-likeness (QED) is 0.740. The first-order chi connectivity index (χ1) is 11.3. The number of fused-ring (bicyclic) bond motifs is 1. The van der Waals surface area contributed by atoms with Crippen molar-refractivity contribution < 1.29 is 4.39 Å². The van der Waals surface area contributed by atoms with E-state index < -0.39 is 0 Å². The van der Waals surface area contributed by atoms with Gasteiger partial charge in [0.15, 0.2) is 11.0 Å². The summed E-state index contributed by atoms with van der Waals surface area (Å²) >= 11 is 1.66. The zero-order valence-corrected chi connectivity index (χ0v) is 13.1. The Kier molecular flexibility index (Phi) is 3.80. The summed E-state index contributed by atoms with van der Waals surface area (Å²) in [5.41, 5.74) is 2.09. The molecule has 7 heteroatoms. The molecule has 0 amide bonds. The molecule has 0 bridgehead atoms. The molecular formula is C16H14FN5S. The highest BCUT2D eigenvalue weighted by Gasteiger charge is 2.22. The molecule has 4 rings (SSSR count). The number of hydrogen-bond acceptors (Lipinski definition) is 5. The normalized spacial score (nSPS) is 14.7. The first-order valence-corrected chi connectivity index (χ1v) is 8.21. The highest BCUT2D eigenvalue weighted by atomic mass is 32.2. The molecule has 0 saturated carbocycles. The Hall–Kier alpha value is -2.25. The number of nitrogens with zero attached hydrogens (tertiary/aromatic N) is 5. The fourth-order valence-electron chi connectivity index (χ4n) is 2.57. The lowest BCUT2D eigenvalue weighted by atomic mass is 10.2. The van der Waals surface area contributed by atoms with Gasteiger partial charge in [-0.3, -0.25) is 14.5 Å². The van der Waals surface area contributed by atoms with E-state index >= 15 is 0 Å². The molecule has 0 N–H and O–H groups in total. The van der Waals surface area contributed by atoms with Gasteiger partial charge < -0.3 is 0 Å². The Bertz CT molecular complexity index is 803. The van der Waals surface area contributed by atoms with E-state index in [1.54, 1.807) is 36.3 Å². The molecule has 0 spiro atoms. The number of hydrogen-bond donors (Lipinski definition) is 0. The molecule has 23 heavy (non-hydrogen) atoms. The largest absolute Gasteiger partial charge is 0.288 e. The average Bonchev–Trinajstić information content (AvgIpc) is 3.00. The van der Waals surface area contributed by atoms with Crippen molar-refractivity contribution in [3.63, 3.8) is 0 Å². The van der Waals surface area contributed by atoms with Crippen LogP contribution in [0.15, 0.2) is 53.9 Å². The van der Waals surface area contributed by atoms with Crippen molar-refractivity contribution in [2.45, 2.75) is 18.4 Å². The van der Waals surface area contributed by atoms with Crippen molar-refractivity contribution in [1.82, 2.24) is 24.6 Å². The second-order valence-electron chi connectivity index (χ2n) is 5.34. The van der Waals surface area contributed by atoms with Gasteiger partial charge in [0.1, 0.15) is 5.82 Å². The number of thioether (sulfide) groups is 1. The molecular weight excluding hydrogens is 313 g/mol. The van der Waals surface area contributed by atoms with E-state index in [0.717, 1.165) is 29.0 Å². The molecule has 0 atom stereocenters. The van der Waals surface area contributed by atoms with E-state index in [1.165, 1.54) is 17.7 Å². The summed E-state index contributed by atoms with van der Waals surface area (Å²) in [6.45, 7) is 1.56. The van der Waals surface area contributed by atoms with Crippen LogP contribution in [-0.4, -0.2) is 30.5 Å². The van der Waals surface area contributed by atoms with Gasteiger partial charge in [0.2, 0.25) is 0 Å². The summed E-state index contributed by atoms with van der Waals surface area (Å²) in [5, 5.41) is 9.41. The van der Waals surface area contributed by atoms with Crippen LogP contribution in [0, 0.1) is 5.82 Å². The van der Waals surface area contributed by atoms with Crippen LogP contribution < -0.4 is 0 Å². The predicted octanol–water partition coefficient (Wildman–Crippen LogP) is 3.00. The van der Waals surface area contributed by atoms with Gasteiger partial charge in [-0.1, -0.05) is 11.8 Å². The van der Waals surface area contributed by atoms with Crippen molar-refractivity contribution in [1.29, 1.82) is 0 Å². The molecule has 2 aromatic heterocycles. The van der Waals surface area contributed by atoms with Crippen LogP contribution in [0.5, 0.6) is 0 Å². The van der Waals surface area contributed by atoms with Crippen LogP contribution in [0.4, 0.5) is 4.39 Å². The van der Waals surface area contributed by atoms with E-state index in [-0.39, 0.29) is 5.82 Å². The first kappa shape index (κ1) is 14.3. The minimum absolute atomic E-state index is 0.249. The van der Waals surface area contributed by atoms with Crippen LogP contribution in [-0.2, 0) is 13.2 Å². The third-order valence-electron chi connectivity index (χ3n) is 3.69. The fraction of sp³-hybridized carbons (Fsp3) is 0.188.